The van der Waals surface area contributed by atoms with Crippen LogP contribution < -0.4 is 5.69 Å². The summed E-state index contributed by atoms with van der Waals surface area (Å²) < 4.78 is 27.5. The van der Waals surface area contributed by atoms with Gasteiger partial charge in [-0.15, -0.1) is 0 Å². The molecule has 21 heavy (non-hydrogen) atoms. The molecule has 2 rings (SSSR count). The van der Waals surface area contributed by atoms with E-state index in [1.165, 1.54) is 0 Å². The van der Waals surface area contributed by atoms with E-state index in [4.69, 9.17) is 0 Å². The van der Waals surface area contributed by atoms with Gasteiger partial charge < -0.3 is 0 Å². The number of halogens is 2. The van der Waals surface area contributed by atoms with Gasteiger partial charge >= 0.3 is 11.4 Å². The van der Waals surface area contributed by atoms with Crippen LogP contribution in [-0.2, 0) is 6.54 Å². The monoisotopic (exact) mass is 295 g/mol. The molecule has 0 radical (unpaired) electrons. The molecule has 0 atom stereocenters. The first-order valence-corrected chi connectivity index (χ1v) is 5.58. The molecule has 7 nitrogen and oxygen atoms in total. The van der Waals surface area contributed by atoms with E-state index in [1.807, 2.05) is 0 Å². The average molecular weight is 295 g/mol. The summed E-state index contributed by atoms with van der Waals surface area (Å²) in [5.41, 5.74) is -2.27. The van der Waals surface area contributed by atoms with E-state index in [9.17, 15) is 28.5 Å². The highest BCUT2D eigenvalue weighted by Gasteiger charge is 2.19. The van der Waals surface area contributed by atoms with Gasteiger partial charge in [0.25, 0.3) is 0 Å². The van der Waals surface area contributed by atoms with Crippen molar-refractivity contribution in [3.8, 4) is 0 Å². The van der Waals surface area contributed by atoms with E-state index in [0.717, 1.165) is 30.6 Å². The molecule has 1 heterocycles. The lowest BCUT2D eigenvalue weighted by Crippen LogP contribution is -2.27. The number of nitrogens with zero attached hydrogens (tertiary/aromatic N) is 3. The molecule has 0 fully saturated rings. The Balaban J connectivity index is 2.38. The summed E-state index contributed by atoms with van der Waals surface area (Å²) in [4.78, 5) is 36.3. The molecule has 0 saturated carbocycles. The van der Waals surface area contributed by atoms with Crippen LogP contribution in [0, 0.1) is 21.7 Å². The minimum Gasteiger partial charge on any atom is -0.292 e. The molecule has 0 saturated heterocycles. The molecule has 9 heteroatoms. The van der Waals surface area contributed by atoms with Crippen molar-refractivity contribution in [2.24, 2.45) is 0 Å². The van der Waals surface area contributed by atoms with Crippen LogP contribution in [0.15, 0.2) is 35.4 Å². The zero-order valence-corrected chi connectivity index (χ0v) is 10.3. The van der Waals surface area contributed by atoms with Crippen LogP contribution >= 0.6 is 0 Å². The Hall–Kier alpha value is -2.97. The van der Waals surface area contributed by atoms with Gasteiger partial charge in [0, 0.05) is 0 Å². The molecular formula is C12H7F2N3O4. The van der Waals surface area contributed by atoms with Crippen molar-refractivity contribution >= 4 is 11.5 Å². The number of aromatic nitrogens is 2. The first kappa shape index (κ1) is 14.4. The fourth-order valence-electron chi connectivity index (χ4n) is 1.65. The van der Waals surface area contributed by atoms with Crippen LogP contribution in [0.3, 0.4) is 0 Å². The Bertz CT molecular complexity index is 768. The second-order valence-corrected chi connectivity index (χ2v) is 4.00. The number of nitro groups is 1. The van der Waals surface area contributed by atoms with Crippen molar-refractivity contribution in [2.75, 3.05) is 0 Å². The van der Waals surface area contributed by atoms with Crippen molar-refractivity contribution in [3.63, 3.8) is 0 Å². The van der Waals surface area contributed by atoms with Crippen LogP contribution in [0.2, 0.25) is 0 Å². The van der Waals surface area contributed by atoms with Gasteiger partial charge in [0.15, 0.2) is 5.78 Å². The predicted octanol–water partition coefficient (Wildman–Crippen LogP) is 1.31. The number of Topliss-reactive ketones (excluding diaryl/α,β-unsaturated/α-hetero) is 1. The summed E-state index contributed by atoms with van der Waals surface area (Å²) in [7, 11) is 0. The topological polar surface area (TPSA) is 95.1 Å². The number of carbonyl (C=O) groups excluding carboxylic acids is 1. The van der Waals surface area contributed by atoms with Crippen LogP contribution in [0.1, 0.15) is 10.4 Å². The number of ketones is 1. The highest BCUT2D eigenvalue weighted by molar-refractivity contribution is 5.96. The molecule has 1 aromatic carbocycles. The van der Waals surface area contributed by atoms with E-state index in [0.29, 0.717) is 4.57 Å². The molecule has 2 aromatic rings. The second kappa shape index (κ2) is 5.57. The van der Waals surface area contributed by atoms with Crippen LogP contribution in [-0.4, -0.2) is 20.3 Å². The first-order valence-electron chi connectivity index (χ1n) is 5.58. The lowest BCUT2D eigenvalue weighted by atomic mass is 10.1. The zero-order valence-electron chi connectivity index (χ0n) is 10.3. The van der Waals surface area contributed by atoms with E-state index in [-0.39, 0.29) is 0 Å². The third-order valence-corrected chi connectivity index (χ3v) is 2.61. The lowest BCUT2D eigenvalue weighted by Gasteiger charge is -2.06. The quantitative estimate of drug-likeness (QED) is 0.481. The summed E-state index contributed by atoms with van der Waals surface area (Å²) in [6.07, 6.45) is 1.51. The maximum Gasteiger partial charge on any atom is 0.348 e. The number of benzene rings is 1. The van der Waals surface area contributed by atoms with E-state index in [2.05, 4.69) is 4.98 Å². The molecule has 0 N–H and O–H groups in total. The Morgan fingerprint density at radius 3 is 2.52 bits per heavy atom. The number of rotatable bonds is 4. The van der Waals surface area contributed by atoms with Crippen molar-refractivity contribution in [2.45, 2.75) is 6.54 Å². The molecular weight excluding hydrogens is 288 g/mol. The van der Waals surface area contributed by atoms with Crippen LogP contribution in [0.5, 0.6) is 0 Å². The van der Waals surface area contributed by atoms with Gasteiger partial charge in [0.2, 0.25) is 0 Å². The SMILES string of the molecule is O=C(Cn1cc([N+](=O)[O-])cnc1=O)c1c(F)cccc1F. The molecule has 0 aliphatic carbocycles. The summed E-state index contributed by atoms with van der Waals surface area (Å²) >= 11 is 0. The highest BCUT2D eigenvalue weighted by atomic mass is 19.1. The lowest BCUT2D eigenvalue weighted by molar-refractivity contribution is -0.385. The second-order valence-electron chi connectivity index (χ2n) is 4.00. The summed E-state index contributed by atoms with van der Waals surface area (Å²) in [5.74, 6) is -3.19. The zero-order chi connectivity index (χ0) is 15.6. The largest absolute Gasteiger partial charge is 0.348 e. The van der Waals surface area contributed by atoms with Gasteiger partial charge in [0.05, 0.1) is 23.2 Å². The van der Waals surface area contributed by atoms with Gasteiger partial charge in [0.1, 0.15) is 17.8 Å². The van der Waals surface area contributed by atoms with Crippen molar-refractivity contribution < 1.29 is 18.5 Å². The fourth-order valence-corrected chi connectivity index (χ4v) is 1.65. The Morgan fingerprint density at radius 2 is 1.95 bits per heavy atom. The fraction of sp³-hybridized carbons (Fsp3) is 0.0833. The van der Waals surface area contributed by atoms with E-state index in [1.54, 1.807) is 0 Å². The first-order chi connectivity index (χ1) is 9.90. The smallest absolute Gasteiger partial charge is 0.292 e. The van der Waals surface area contributed by atoms with Crippen LogP contribution in [0.4, 0.5) is 14.5 Å². The van der Waals surface area contributed by atoms with Gasteiger partial charge in [-0.25, -0.2) is 13.6 Å². The molecule has 0 bridgehead atoms. The summed E-state index contributed by atoms with van der Waals surface area (Å²) in [6, 6.07) is 2.87. The van der Waals surface area contributed by atoms with Crippen molar-refractivity contribution in [1.29, 1.82) is 0 Å². The van der Waals surface area contributed by atoms with E-state index < -0.39 is 45.8 Å². The summed E-state index contributed by atoms with van der Waals surface area (Å²) in [6.45, 7) is -0.759. The maximum atomic E-state index is 13.4. The van der Waals surface area contributed by atoms with Gasteiger partial charge in [-0.05, 0) is 12.1 Å². The third-order valence-electron chi connectivity index (χ3n) is 2.61. The molecule has 108 valence electrons. The normalized spacial score (nSPS) is 10.4. The molecule has 0 aliphatic heterocycles. The summed E-state index contributed by atoms with van der Waals surface area (Å²) in [5, 5.41) is 10.6. The van der Waals surface area contributed by atoms with Crippen molar-refractivity contribution in [1.82, 2.24) is 9.55 Å². The average Bonchev–Trinajstić information content (AvgIpc) is 2.40. The molecule has 0 amide bonds. The minimum absolute atomic E-state index is 0.517. The van der Waals surface area contributed by atoms with E-state index >= 15 is 0 Å². The van der Waals surface area contributed by atoms with Gasteiger partial charge in [-0.3, -0.25) is 19.5 Å². The van der Waals surface area contributed by atoms with Crippen LogP contribution in [0.25, 0.3) is 0 Å². The molecule has 0 unspecified atom stereocenters. The maximum absolute atomic E-state index is 13.4. The Morgan fingerprint density at radius 1 is 1.33 bits per heavy atom. The Kier molecular flexibility index (Phi) is 3.83. The molecule has 1 aromatic heterocycles. The van der Waals surface area contributed by atoms with Gasteiger partial charge in [-0.1, -0.05) is 6.07 Å². The van der Waals surface area contributed by atoms with Gasteiger partial charge in [-0.2, -0.15) is 4.98 Å². The Labute approximate surface area is 115 Å². The number of hydrogen-bond acceptors (Lipinski definition) is 5. The molecule has 0 aliphatic rings. The third kappa shape index (κ3) is 2.96. The predicted molar refractivity (Wildman–Crippen MR) is 65.8 cm³/mol. The molecule has 0 spiro atoms. The minimum atomic E-state index is -1.08. The standard InChI is InChI=1S/C12H7F2N3O4/c13-8-2-1-3-9(14)11(8)10(18)6-16-5-7(17(20)21)4-15-12(16)19/h1-5H,6H2. The van der Waals surface area contributed by atoms with Crippen molar-refractivity contribution in [3.05, 3.63) is 68.4 Å². The highest BCUT2D eigenvalue weighted by Crippen LogP contribution is 2.14. The number of carbonyl (C=O) groups is 1. The number of hydrogen-bond donors (Lipinski definition) is 0.